The highest BCUT2D eigenvalue weighted by Gasteiger charge is 2.09. The molecule has 0 fully saturated rings. The van der Waals surface area contributed by atoms with E-state index in [1.807, 2.05) is 0 Å². The molecule has 1 unspecified atom stereocenters. The Balaban J connectivity index is 2.18. The molecule has 0 amide bonds. The summed E-state index contributed by atoms with van der Waals surface area (Å²) < 4.78 is 38.9. The lowest BCUT2D eigenvalue weighted by atomic mass is 10.2. The maximum atomic E-state index is 13.6. The van der Waals surface area contributed by atoms with E-state index in [0.29, 0.717) is 14.9 Å². The Morgan fingerprint density at radius 3 is 2.33 bits per heavy atom. The van der Waals surface area contributed by atoms with Gasteiger partial charge in [-0.1, -0.05) is 22.0 Å². The molecule has 2 aromatic carbocycles. The van der Waals surface area contributed by atoms with E-state index >= 15 is 0 Å². The van der Waals surface area contributed by atoms with Gasteiger partial charge in [0.15, 0.2) is 0 Å². The highest BCUT2D eigenvalue weighted by molar-refractivity contribution is 9.10. The average molecular weight is 331 g/mol. The average Bonchev–Trinajstić information content (AvgIpc) is 2.33. The summed E-state index contributed by atoms with van der Waals surface area (Å²) in [5, 5.41) is 0. The van der Waals surface area contributed by atoms with E-state index in [1.54, 1.807) is 12.1 Å². The molecule has 18 heavy (non-hydrogen) atoms. The van der Waals surface area contributed by atoms with Crippen LogP contribution in [-0.4, -0.2) is 4.21 Å². The van der Waals surface area contributed by atoms with E-state index in [4.69, 9.17) is 0 Å². The van der Waals surface area contributed by atoms with Gasteiger partial charge in [-0.25, -0.2) is 8.78 Å². The van der Waals surface area contributed by atoms with Crippen LogP contribution in [0.2, 0.25) is 0 Å². The molecule has 1 nitrogen and oxygen atoms in total. The molecule has 0 saturated heterocycles. The van der Waals surface area contributed by atoms with Crippen LogP contribution in [0.15, 0.2) is 51.8 Å². The van der Waals surface area contributed by atoms with Gasteiger partial charge in [0, 0.05) is 14.9 Å². The van der Waals surface area contributed by atoms with Gasteiger partial charge in [0.1, 0.15) is 11.6 Å². The fourth-order valence-corrected chi connectivity index (χ4v) is 2.91. The van der Waals surface area contributed by atoms with Gasteiger partial charge in [-0.15, -0.1) is 0 Å². The van der Waals surface area contributed by atoms with E-state index in [0.717, 1.165) is 0 Å². The van der Waals surface area contributed by atoms with Crippen molar-refractivity contribution in [2.75, 3.05) is 0 Å². The minimum Gasteiger partial charge on any atom is -0.254 e. The molecule has 0 aliphatic rings. The zero-order valence-electron chi connectivity index (χ0n) is 9.20. The number of hydrogen-bond donors (Lipinski definition) is 0. The summed E-state index contributed by atoms with van der Waals surface area (Å²) in [6.07, 6.45) is 0. The van der Waals surface area contributed by atoms with Gasteiger partial charge in [-0.05, 0) is 36.4 Å². The van der Waals surface area contributed by atoms with E-state index in [9.17, 15) is 13.0 Å². The van der Waals surface area contributed by atoms with Crippen molar-refractivity contribution in [1.29, 1.82) is 0 Å². The largest absolute Gasteiger partial charge is 0.254 e. The standard InChI is InChI=1S/C13H9BrF2OS/c14-10-2-1-9(13(16)7-10)8-18(17)12-5-3-11(15)4-6-12/h1-7H,8H2. The Labute approximate surface area is 114 Å². The molecule has 0 aromatic heterocycles. The minimum absolute atomic E-state index is 0.0742. The zero-order chi connectivity index (χ0) is 13.1. The highest BCUT2D eigenvalue weighted by atomic mass is 79.9. The van der Waals surface area contributed by atoms with Crippen LogP contribution in [0.5, 0.6) is 0 Å². The Bertz CT molecular complexity index is 584. The minimum atomic E-state index is -1.38. The molecule has 2 aromatic rings. The Hall–Kier alpha value is -1.07. The summed E-state index contributed by atoms with van der Waals surface area (Å²) >= 11 is 3.16. The zero-order valence-corrected chi connectivity index (χ0v) is 11.6. The summed E-state index contributed by atoms with van der Waals surface area (Å²) in [4.78, 5) is 0.485. The van der Waals surface area contributed by atoms with Gasteiger partial charge < -0.3 is 0 Å². The lowest BCUT2D eigenvalue weighted by Crippen LogP contribution is -1.99. The van der Waals surface area contributed by atoms with E-state index < -0.39 is 16.6 Å². The summed E-state index contributed by atoms with van der Waals surface area (Å²) in [6, 6.07) is 9.99. The van der Waals surface area contributed by atoms with Crippen molar-refractivity contribution in [3.8, 4) is 0 Å². The predicted molar refractivity (Wildman–Crippen MR) is 70.6 cm³/mol. The third-order valence-electron chi connectivity index (χ3n) is 2.38. The van der Waals surface area contributed by atoms with Crippen molar-refractivity contribution in [3.63, 3.8) is 0 Å². The van der Waals surface area contributed by atoms with Gasteiger partial charge in [-0.3, -0.25) is 4.21 Å². The van der Waals surface area contributed by atoms with Crippen LogP contribution < -0.4 is 0 Å². The number of halogens is 3. The highest BCUT2D eigenvalue weighted by Crippen LogP contribution is 2.19. The van der Waals surface area contributed by atoms with Crippen molar-refractivity contribution in [1.82, 2.24) is 0 Å². The monoisotopic (exact) mass is 330 g/mol. The summed E-state index contributed by atoms with van der Waals surface area (Å²) in [5.41, 5.74) is 0.376. The van der Waals surface area contributed by atoms with Crippen LogP contribution in [0.4, 0.5) is 8.78 Å². The normalized spacial score (nSPS) is 12.4. The predicted octanol–water partition coefficient (Wildman–Crippen LogP) is 4.04. The molecule has 94 valence electrons. The second kappa shape index (κ2) is 5.71. The van der Waals surface area contributed by atoms with Crippen LogP contribution in [0.3, 0.4) is 0 Å². The molecule has 0 spiro atoms. The first kappa shape index (κ1) is 13.4. The van der Waals surface area contributed by atoms with E-state index in [1.165, 1.54) is 30.3 Å². The van der Waals surface area contributed by atoms with Crippen LogP contribution in [0.1, 0.15) is 5.56 Å². The lowest BCUT2D eigenvalue weighted by Gasteiger charge is -2.04. The fraction of sp³-hybridized carbons (Fsp3) is 0.0769. The molecule has 0 aliphatic carbocycles. The van der Waals surface area contributed by atoms with Crippen molar-refractivity contribution in [2.24, 2.45) is 0 Å². The molecular weight excluding hydrogens is 322 g/mol. The second-order valence-electron chi connectivity index (χ2n) is 3.68. The maximum absolute atomic E-state index is 13.6. The third-order valence-corrected chi connectivity index (χ3v) is 4.24. The molecule has 0 N–H and O–H groups in total. The molecule has 2 rings (SSSR count). The van der Waals surface area contributed by atoms with Crippen molar-refractivity contribution in [3.05, 3.63) is 64.1 Å². The molecule has 1 atom stereocenters. The Kier molecular flexibility index (Phi) is 4.24. The molecular formula is C13H9BrF2OS. The number of benzene rings is 2. The number of rotatable bonds is 3. The van der Waals surface area contributed by atoms with Crippen LogP contribution in [-0.2, 0) is 16.6 Å². The molecule has 0 bridgehead atoms. The van der Waals surface area contributed by atoms with Crippen molar-refractivity contribution < 1.29 is 13.0 Å². The van der Waals surface area contributed by atoms with Crippen LogP contribution >= 0.6 is 15.9 Å². The first-order chi connectivity index (χ1) is 8.56. The van der Waals surface area contributed by atoms with E-state index in [2.05, 4.69) is 15.9 Å². The first-order valence-electron chi connectivity index (χ1n) is 5.14. The molecule has 0 aliphatic heterocycles. The Morgan fingerprint density at radius 2 is 1.72 bits per heavy atom. The topological polar surface area (TPSA) is 17.1 Å². The molecule has 5 heteroatoms. The van der Waals surface area contributed by atoms with Gasteiger partial charge in [0.05, 0.1) is 16.6 Å². The van der Waals surface area contributed by atoms with Gasteiger partial charge in [-0.2, -0.15) is 0 Å². The SMILES string of the molecule is O=S(Cc1ccc(Br)cc1F)c1ccc(F)cc1. The summed E-state index contributed by atoms with van der Waals surface area (Å²) in [6.45, 7) is 0. The first-order valence-corrected chi connectivity index (χ1v) is 7.25. The van der Waals surface area contributed by atoms with Gasteiger partial charge >= 0.3 is 0 Å². The number of hydrogen-bond acceptors (Lipinski definition) is 1. The fourth-order valence-electron chi connectivity index (χ4n) is 1.45. The summed E-state index contributed by atoms with van der Waals surface area (Å²) in [7, 11) is -1.38. The quantitative estimate of drug-likeness (QED) is 0.830. The van der Waals surface area contributed by atoms with Crippen molar-refractivity contribution >= 4 is 26.7 Å². The van der Waals surface area contributed by atoms with Crippen LogP contribution in [0.25, 0.3) is 0 Å². The molecule has 0 radical (unpaired) electrons. The smallest absolute Gasteiger partial charge is 0.128 e. The van der Waals surface area contributed by atoms with E-state index in [-0.39, 0.29) is 11.6 Å². The van der Waals surface area contributed by atoms with Gasteiger partial charge in [0.25, 0.3) is 0 Å². The summed E-state index contributed by atoms with van der Waals surface area (Å²) in [5.74, 6) is -0.713. The molecule has 0 saturated carbocycles. The van der Waals surface area contributed by atoms with Crippen LogP contribution in [0, 0.1) is 11.6 Å². The molecule has 0 heterocycles. The lowest BCUT2D eigenvalue weighted by molar-refractivity contribution is 0.614. The third kappa shape index (κ3) is 3.23. The van der Waals surface area contributed by atoms with Crippen molar-refractivity contribution in [2.45, 2.75) is 10.6 Å². The Morgan fingerprint density at radius 1 is 1.06 bits per heavy atom. The van der Waals surface area contributed by atoms with Gasteiger partial charge in [0.2, 0.25) is 0 Å². The maximum Gasteiger partial charge on any atom is 0.128 e. The second-order valence-corrected chi connectivity index (χ2v) is 6.05.